The van der Waals surface area contributed by atoms with E-state index in [0.29, 0.717) is 12.6 Å². The third-order valence-corrected chi connectivity index (χ3v) is 3.84. The zero-order chi connectivity index (χ0) is 12.1. The van der Waals surface area contributed by atoms with E-state index in [1.54, 1.807) is 4.90 Å². The molecule has 0 radical (unpaired) electrons. The Bertz CT molecular complexity index is 310. The average molecular weight is 272 g/mol. The summed E-state index contributed by atoms with van der Waals surface area (Å²) in [6.07, 6.45) is 7.90. The van der Waals surface area contributed by atoms with Crippen molar-refractivity contribution in [3.8, 4) is 0 Å². The number of nitrogens with one attached hydrogen (secondary N) is 1. The van der Waals surface area contributed by atoms with Crippen molar-refractivity contribution < 1.29 is 4.79 Å². The summed E-state index contributed by atoms with van der Waals surface area (Å²) in [5.41, 5.74) is 0. The molecule has 1 amide bonds. The third kappa shape index (κ3) is 3.86. The number of hydrogen-bond acceptors (Lipinski definition) is 2. The summed E-state index contributed by atoms with van der Waals surface area (Å²) in [6, 6.07) is 0.515. The summed E-state index contributed by atoms with van der Waals surface area (Å²) < 4.78 is 0. The molecule has 0 bridgehead atoms. The van der Waals surface area contributed by atoms with E-state index in [4.69, 9.17) is 6.57 Å². The van der Waals surface area contributed by atoms with Gasteiger partial charge in [0.2, 0.25) is 5.91 Å². The lowest BCUT2D eigenvalue weighted by Gasteiger charge is -2.24. The van der Waals surface area contributed by atoms with Crippen LogP contribution in [0.15, 0.2) is 0 Å². The van der Waals surface area contributed by atoms with E-state index in [0.717, 1.165) is 19.4 Å². The van der Waals surface area contributed by atoms with Gasteiger partial charge in [0.05, 0.1) is 6.54 Å². The standard InChI is InChI=1S/C13H21N3O.ClH/c1-14-12-8-5-9-16(12)13(17)10-15-11-6-3-2-4-7-11;/h11-12,15H,2-10H2;1H/t12-;/m0./s1. The van der Waals surface area contributed by atoms with E-state index in [1.807, 2.05) is 0 Å². The van der Waals surface area contributed by atoms with E-state index in [9.17, 15) is 4.79 Å². The molecule has 0 unspecified atom stereocenters. The fraction of sp³-hybridized carbons (Fsp3) is 0.846. The maximum atomic E-state index is 12.0. The number of nitrogens with zero attached hydrogens (tertiary/aromatic N) is 2. The predicted molar refractivity (Wildman–Crippen MR) is 73.5 cm³/mol. The second-order valence-corrected chi connectivity index (χ2v) is 5.05. The summed E-state index contributed by atoms with van der Waals surface area (Å²) in [7, 11) is 0. The first-order valence-electron chi connectivity index (χ1n) is 6.70. The molecule has 1 atom stereocenters. The number of hydrogen-bond donors (Lipinski definition) is 1. The Labute approximate surface area is 115 Å². The van der Waals surface area contributed by atoms with Crippen LogP contribution in [0.4, 0.5) is 0 Å². The highest BCUT2D eigenvalue weighted by Gasteiger charge is 2.32. The van der Waals surface area contributed by atoms with Crippen LogP contribution < -0.4 is 5.32 Å². The van der Waals surface area contributed by atoms with Crippen LogP contribution in [0.2, 0.25) is 0 Å². The van der Waals surface area contributed by atoms with Gasteiger partial charge < -0.3 is 5.32 Å². The van der Waals surface area contributed by atoms with Gasteiger partial charge in [-0.3, -0.25) is 14.5 Å². The Hall–Kier alpha value is -0.790. The van der Waals surface area contributed by atoms with Crippen LogP contribution in [0, 0.1) is 6.57 Å². The zero-order valence-electron chi connectivity index (χ0n) is 10.7. The first-order valence-corrected chi connectivity index (χ1v) is 6.70. The minimum absolute atomic E-state index is 0. The maximum Gasteiger partial charge on any atom is 0.300 e. The Morgan fingerprint density at radius 2 is 1.94 bits per heavy atom. The molecule has 2 rings (SSSR count). The Balaban J connectivity index is 0.00000162. The first kappa shape index (κ1) is 15.3. The lowest BCUT2D eigenvalue weighted by Crippen LogP contribution is -2.43. The molecule has 1 aliphatic carbocycles. The normalized spacial score (nSPS) is 24.4. The Morgan fingerprint density at radius 3 is 2.61 bits per heavy atom. The van der Waals surface area contributed by atoms with Crippen LogP contribution in [-0.2, 0) is 4.79 Å². The molecule has 1 saturated heterocycles. The number of rotatable bonds is 3. The van der Waals surface area contributed by atoms with Crippen molar-refractivity contribution in [1.29, 1.82) is 0 Å². The second kappa shape index (κ2) is 7.60. The molecule has 1 aliphatic heterocycles. The number of amides is 1. The van der Waals surface area contributed by atoms with E-state index in [2.05, 4.69) is 10.2 Å². The molecule has 1 saturated carbocycles. The minimum Gasteiger partial charge on any atom is -0.306 e. The molecule has 1 heterocycles. The summed E-state index contributed by atoms with van der Waals surface area (Å²) >= 11 is 0. The number of likely N-dealkylation sites (tertiary alicyclic amines) is 1. The molecular formula is C13H22ClN3O. The van der Waals surface area contributed by atoms with Crippen molar-refractivity contribution >= 4 is 18.3 Å². The third-order valence-electron chi connectivity index (χ3n) is 3.84. The average Bonchev–Trinajstić information content (AvgIpc) is 2.85. The molecule has 1 N–H and O–H groups in total. The lowest BCUT2D eigenvalue weighted by molar-refractivity contribution is -0.130. The molecule has 102 valence electrons. The van der Waals surface area contributed by atoms with Gasteiger partial charge in [-0.15, -0.1) is 12.4 Å². The molecular weight excluding hydrogens is 250 g/mol. The van der Waals surface area contributed by atoms with E-state index >= 15 is 0 Å². The van der Waals surface area contributed by atoms with Crippen LogP contribution in [0.25, 0.3) is 4.85 Å². The molecule has 5 heteroatoms. The summed E-state index contributed by atoms with van der Waals surface area (Å²) in [6.45, 7) is 8.24. The SMILES string of the molecule is Cl.[C-]#[N+][C@@H]1CCCN1C(=O)CNC1CCCCC1. The molecule has 0 spiro atoms. The van der Waals surface area contributed by atoms with Crippen LogP contribution in [0.3, 0.4) is 0 Å². The van der Waals surface area contributed by atoms with Gasteiger partial charge in [-0.2, -0.15) is 0 Å². The smallest absolute Gasteiger partial charge is 0.300 e. The molecule has 0 aromatic carbocycles. The van der Waals surface area contributed by atoms with E-state index in [-0.39, 0.29) is 24.5 Å². The van der Waals surface area contributed by atoms with Gasteiger partial charge in [0.1, 0.15) is 0 Å². The number of carbonyl (C=O) groups excluding carboxylic acids is 1. The molecule has 2 aliphatic rings. The maximum absolute atomic E-state index is 12.0. The summed E-state index contributed by atoms with van der Waals surface area (Å²) in [5.74, 6) is 0.106. The summed E-state index contributed by atoms with van der Waals surface area (Å²) in [5, 5.41) is 3.35. The highest BCUT2D eigenvalue weighted by molar-refractivity contribution is 5.85. The molecule has 4 nitrogen and oxygen atoms in total. The minimum atomic E-state index is -0.198. The van der Waals surface area contributed by atoms with E-state index in [1.165, 1.54) is 32.1 Å². The molecule has 0 aromatic rings. The van der Waals surface area contributed by atoms with Crippen LogP contribution >= 0.6 is 12.4 Å². The number of halogens is 1. The van der Waals surface area contributed by atoms with Gasteiger partial charge in [0.15, 0.2) is 0 Å². The van der Waals surface area contributed by atoms with Crippen LogP contribution in [-0.4, -0.2) is 36.1 Å². The van der Waals surface area contributed by atoms with Gasteiger partial charge in [-0.1, -0.05) is 19.3 Å². The van der Waals surface area contributed by atoms with Crippen molar-refractivity contribution in [3.63, 3.8) is 0 Å². The van der Waals surface area contributed by atoms with Gasteiger partial charge in [0, 0.05) is 19.0 Å². The van der Waals surface area contributed by atoms with Crippen LogP contribution in [0.5, 0.6) is 0 Å². The highest BCUT2D eigenvalue weighted by atomic mass is 35.5. The van der Waals surface area contributed by atoms with Crippen molar-refractivity contribution in [3.05, 3.63) is 11.4 Å². The van der Waals surface area contributed by atoms with Gasteiger partial charge >= 0.3 is 6.17 Å². The zero-order valence-corrected chi connectivity index (χ0v) is 11.5. The fourth-order valence-electron chi connectivity index (χ4n) is 2.81. The fourth-order valence-corrected chi connectivity index (χ4v) is 2.81. The van der Waals surface area contributed by atoms with Gasteiger partial charge in [-0.05, 0) is 19.3 Å². The monoisotopic (exact) mass is 271 g/mol. The first-order chi connectivity index (χ1) is 8.31. The van der Waals surface area contributed by atoms with Crippen molar-refractivity contribution in [1.82, 2.24) is 10.2 Å². The van der Waals surface area contributed by atoms with Crippen molar-refractivity contribution in [2.45, 2.75) is 57.2 Å². The molecule has 2 fully saturated rings. The van der Waals surface area contributed by atoms with Crippen molar-refractivity contribution in [2.75, 3.05) is 13.1 Å². The number of carbonyl (C=O) groups is 1. The molecule has 0 aromatic heterocycles. The second-order valence-electron chi connectivity index (χ2n) is 5.05. The van der Waals surface area contributed by atoms with E-state index < -0.39 is 0 Å². The predicted octanol–water partition coefficient (Wildman–Crippen LogP) is 2.20. The lowest BCUT2D eigenvalue weighted by atomic mass is 9.95. The van der Waals surface area contributed by atoms with Crippen molar-refractivity contribution in [2.24, 2.45) is 0 Å². The Kier molecular flexibility index (Phi) is 6.45. The van der Waals surface area contributed by atoms with Gasteiger partial charge in [-0.25, -0.2) is 6.57 Å². The quantitative estimate of drug-likeness (QED) is 0.799. The van der Waals surface area contributed by atoms with Crippen LogP contribution in [0.1, 0.15) is 44.9 Å². The molecule has 18 heavy (non-hydrogen) atoms. The Morgan fingerprint density at radius 1 is 1.22 bits per heavy atom. The highest BCUT2D eigenvalue weighted by Crippen LogP contribution is 2.19. The largest absolute Gasteiger partial charge is 0.306 e. The topological polar surface area (TPSA) is 36.7 Å². The van der Waals surface area contributed by atoms with Gasteiger partial charge in [0.25, 0.3) is 0 Å². The summed E-state index contributed by atoms with van der Waals surface area (Å²) in [4.78, 5) is 17.2.